The fraction of sp³-hybridized carbons (Fsp3) is 0.562. The van der Waals surface area contributed by atoms with Gasteiger partial charge in [0.15, 0.2) is 0 Å². The lowest BCUT2D eigenvalue weighted by Crippen LogP contribution is -2.17. The molecule has 0 atom stereocenters. The molecule has 5 heteroatoms. The molecule has 1 fully saturated rings. The molecule has 1 saturated carbocycles. The summed E-state index contributed by atoms with van der Waals surface area (Å²) in [6.07, 6.45) is 4.43. The van der Waals surface area contributed by atoms with E-state index in [-0.39, 0.29) is 5.04 Å². The summed E-state index contributed by atoms with van der Waals surface area (Å²) in [5, 5.41) is 8.66. The molecule has 110 valence electrons. The normalized spacial score (nSPS) is 15.6. The molecular weight excluding hydrogens is 278 g/mol. The molecule has 1 aliphatic rings. The van der Waals surface area contributed by atoms with E-state index < -0.39 is 8.84 Å². The Balaban J connectivity index is 2.27. The average molecular weight is 299 g/mol. The van der Waals surface area contributed by atoms with Crippen LogP contribution in [0.3, 0.4) is 0 Å². The standard InChI is InChI=1S/C16H21N3OSi/c1-16(2,3)21(20)19-15(10-9-12-7-8-12)14-6-4-5-13(11-17)18-14/h4-6,12H,7-10H2,1-3H3. The zero-order valence-corrected chi connectivity index (χ0v) is 13.9. The Hall–Kier alpha value is -1.67. The SMILES string of the molecule is CC(C)(C)[Si](=O)N=C(CCC1CC1)c1cccc(C#N)n1. The van der Waals surface area contributed by atoms with Crippen molar-refractivity contribution >= 4 is 14.6 Å². The molecule has 0 unspecified atom stereocenters. The third-order valence-corrected chi connectivity index (χ3v) is 5.28. The van der Waals surface area contributed by atoms with E-state index in [1.54, 1.807) is 6.07 Å². The van der Waals surface area contributed by atoms with Crippen molar-refractivity contribution in [2.24, 2.45) is 10.6 Å². The number of hydrogen-bond acceptors (Lipinski definition) is 3. The van der Waals surface area contributed by atoms with E-state index in [0.29, 0.717) is 11.4 Å². The predicted octanol–water partition coefficient (Wildman–Crippen LogP) is 3.65. The zero-order valence-electron chi connectivity index (χ0n) is 12.9. The van der Waals surface area contributed by atoms with Crippen LogP contribution in [-0.2, 0) is 4.46 Å². The van der Waals surface area contributed by atoms with Gasteiger partial charge in [0.25, 0.3) is 0 Å². The molecule has 0 amide bonds. The van der Waals surface area contributed by atoms with E-state index in [0.717, 1.165) is 24.5 Å². The Morgan fingerprint density at radius 3 is 2.76 bits per heavy atom. The first-order chi connectivity index (χ1) is 9.90. The van der Waals surface area contributed by atoms with Crippen molar-refractivity contribution in [1.29, 1.82) is 5.26 Å². The highest BCUT2D eigenvalue weighted by atomic mass is 28.3. The number of hydrogen-bond donors (Lipinski definition) is 0. The lowest BCUT2D eigenvalue weighted by atomic mass is 10.1. The van der Waals surface area contributed by atoms with Gasteiger partial charge < -0.3 is 4.46 Å². The quantitative estimate of drug-likeness (QED) is 0.615. The molecule has 0 radical (unpaired) electrons. The van der Waals surface area contributed by atoms with Crippen LogP contribution in [0.1, 0.15) is 57.8 Å². The summed E-state index contributed by atoms with van der Waals surface area (Å²) in [5.41, 5.74) is 1.86. The van der Waals surface area contributed by atoms with Gasteiger partial charge in [-0.1, -0.05) is 39.7 Å². The van der Waals surface area contributed by atoms with Crippen molar-refractivity contribution < 1.29 is 4.46 Å². The van der Waals surface area contributed by atoms with E-state index in [1.807, 2.05) is 39.0 Å². The fourth-order valence-corrected chi connectivity index (χ4v) is 2.74. The molecule has 0 N–H and O–H groups in total. The largest absolute Gasteiger partial charge is 0.424 e. The maximum absolute atomic E-state index is 12.4. The van der Waals surface area contributed by atoms with E-state index in [4.69, 9.17) is 5.26 Å². The first-order valence-electron chi connectivity index (χ1n) is 7.39. The molecule has 0 aliphatic heterocycles. The van der Waals surface area contributed by atoms with Gasteiger partial charge in [-0.15, -0.1) is 0 Å². The summed E-state index contributed by atoms with van der Waals surface area (Å²) in [6, 6.07) is 7.38. The highest BCUT2D eigenvalue weighted by Crippen LogP contribution is 2.34. The number of nitriles is 1. The Labute approximate surface area is 127 Å². The second-order valence-corrected chi connectivity index (χ2v) is 8.95. The van der Waals surface area contributed by atoms with E-state index in [1.165, 1.54) is 12.8 Å². The van der Waals surface area contributed by atoms with Gasteiger partial charge in [0.2, 0.25) is 0 Å². The van der Waals surface area contributed by atoms with Crippen LogP contribution in [0.5, 0.6) is 0 Å². The van der Waals surface area contributed by atoms with Gasteiger partial charge in [0.1, 0.15) is 11.8 Å². The molecule has 4 nitrogen and oxygen atoms in total. The highest BCUT2D eigenvalue weighted by Gasteiger charge is 2.26. The molecule has 1 aromatic heterocycles. The number of rotatable bonds is 5. The van der Waals surface area contributed by atoms with Crippen molar-refractivity contribution in [1.82, 2.24) is 4.98 Å². The molecular formula is C16H21N3OSi. The van der Waals surface area contributed by atoms with Gasteiger partial charge in [-0.2, -0.15) is 5.26 Å². The van der Waals surface area contributed by atoms with Crippen LogP contribution in [0.25, 0.3) is 0 Å². The number of nitrogens with zero attached hydrogens (tertiary/aromatic N) is 3. The molecule has 1 heterocycles. The highest BCUT2D eigenvalue weighted by molar-refractivity contribution is 6.47. The van der Waals surface area contributed by atoms with Crippen molar-refractivity contribution in [2.45, 2.75) is 51.5 Å². The molecule has 1 aliphatic carbocycles. The predicted molar refractivity (Wildman–Crippen MR) is 83.6 cm³/mol. The summed E-state index contributed by atoms with van der Waals surface area (Å²) < 4.78 is 16.9. The average Bonchev–Trinajstić information content (AvgIpc) is 3.26. The molecule has 0 saturated heterocycles. The van der Waals surface area contributed by atoms with Crippen molar-refractivity contribution in [3.05, 3.63) is 29.6 Å². The number of aromatic nitrogens is 1. The van der Waals surface area contributed by atoms with Crippen LogP contribution in [-0.4, -0.2) is 19.5 Å². The van der Waals surface area contributed by atoms with Crippen molar-refractivity contribution in [2.75, 3.05) is 0 Å². The minimum Gasteiger partial charge on any atom is -0.357 e. The molecule has 1 aromatic rings. The van der Waals surface area contributed by atoms with Crippen molar-refractivity contribution in [3.8, 4) is 6.07 Å². The van der Waals surface area contributed by atoms with Crippen LogP contribution in [0.2, 0.25) is 5.04 Å². The van der Waals surface area contributed by atoms with Crippen LogP contribution >= 0.6 is 0 Å². The lowest BCUT2D eigenvalue weighted by molar-refractivity contribution is 0.526. The molecule has 2 rings (SSSR count). The Morgan fingerprint density at radius 1 is 1.48 bits per heavy atom. The van der Waals surface area contributed by atoms with Crippen LogP contribution < -0.4 is 0 Å². The van der Waals surface area contributed by atoms with Gasteiger partial charge in [-0.3, -0.25) is 4.66 Å². The fourth-order valence-electron chi connectivity index (χ4n) is 1.94. The Morgan fingerprint density at radius 2 is 2.19 bits per heavy atom. The van der Waals surface area contributed by atoms with Crippen LogP contribution in [0.15, 0.2) is 22.9 Å². The second kappa shape index (κ2) is 6.40. The third-order valence-electron chi connectivity index (χ3n) is 3.52. The van der Waals surface area contributed by atoms with E-state index in [2.05, 4.69) is 9.64 Å². The minimum atomic E-state index is -2.08. The Kier molecular flexibility index (Phi) is 4.79. The van der Waals surface area contributed by atoms with E-state index >= 15 is 0 Å². The van der Waals surface area contributed by atoms with Gasteiger partial charge in [0, 0.05) is 5.04 Å². The van der Waals surface area contributed by atoms with Crippen LogP contribution in [0, 0.1) is 17.2 Å². The van der Waals surface area contributed by atoms with Crippen LogP contribution in [0.4, 0.5) is 0 Å². The minimum absolute atomic E-state index is 0.317. The maximum Gasteiger partial charge on any atom is 0.424 e. The Bertz CT molecular complexity index is 607. The summed E-state index contributed by atoms with van der Waals surface area (Å²) in [5.74, 6) is 0.784. The second-order valence-electron chi connectivity index (χ2n) is 6.62. The first-order valence-corrected chi connectivity index (χ1v) is 8.75. The van der Waals surface area contributed by atoms with Gasteiger partial charge >= 0.3 is 8.84 Å². The first kappa shape index (κ1) is 15.7. The smallest absolute Gasteiger partial charge is 0.357 e. The third kappa shape index (κ3) is 4.67. The topological polar surface area (TPSA) is 66.1 Å². The maximum atomic E-state index is 12.4. The summed E-state index contributed by atoms with van der Waals surface area (Å²) in [7, 11) is -2.08. The monoisotopic (exact) mass is 299 g/mol. The molecule has 0 bridgehead atoms. The summed E-state index contributed by atoms with van der Waals surface area (Å²) in [4.78, 5) is 4.31. The number of pyridine rings is 1. The van der Waals surface area contributed by atoms with Crippen molar-refractivity contribution in [3.63, 3.8) is 0 Å². The summed E-state index contributed by atoms with van der Waals surface area (Å²) in [6.45, 7) is 5.82. The van der Waals surface area contributed by atoms with Gasteiger partial charge in [0.05, 0.1) is 11.4 Å². The zero-order chi connectivity index (χ0) is 15.5. The lowest BCUT2D eigenvalue weighted by Gasteiger charge is -2.13. The van der Waals surface area contributed by atoms with E-state index in [9.17, 15) is 4.46 Å². The van der Waals surface area contributed by atoms with Gasteiger partial charge in [-0.25, -0.2) is 4.98 Å². The molecule has 21 heavy (non-hydrogen) atoms. The molecule has 0 spiro atoms. The van der Waals surface area contributed by atoms with Gasteiger partial charge in [-0.05, 0) is 30.9 Å². The summed E-state index contributed by atoms with van der Waals surface area (Å²) >= 11 is 0. The molecule has 0 aromatic carbocycles.